The van der Waals surface area contributed by atoms with Crippen LogP contribution in [0.4, 0.5) is 0 Å². The maximum Gasteiger partial charge on any atom is 0.251 e. The number of aliphatic hydroxyl groups is 4. The monoisotopic (exact) mass is 516 g/mol. The van der Waals surface area contributed by atoms with E-state index in [4.69, 9.17) is 14.2 Å². The van der Waals surface area contributed by atoms with Gasteiger partial charge in [0.1, 0.15) is 24.1 Å². The summed E-state index contributed by atoms with van der Waals surface area (Å²) in [6.07, 6.45) is -5.42. The summed E-state index contributed by atoms with van der Waals surface area (Å²) in [5.74, 6) is 0.272. The highest BCUT2D eigenvalue weighted by Crippen LogP contribution is 2.34. The molecule has 2 aliphatic rings. The lowest BCUT2D eigenvalue weighted by molar-refractivity contribution is -0.314. The maximum absolute atomic E-state index is 12.7. The summed E-state index contributed by atoms with van der Waals surface area (Å²) in [4.78, 5) is 15.0. The van der Waals surface area contributed by atoms with E-state index < -0.39 is 36.8 Å². The molecular weight excluding hydrogens is 480 g/mol. The van der Waals surface area contributed by atoms with Crippen LogP contribution in [0.3, 0.4) is 0 Å². The van der Waals surface area contributed by atoms with Crippen LogP contribution >= 0.6 is 0 Å². The molecule has 0 spiro atoms. The predicted molar refractivity (Wildman–Crippen MR) is 135 cm³/mol. The van der Waals surface area contributed by atoms with Crippen molar-refractivity contribution in [3.8, 4) is 16.9 Å². The largest absolute Gasteiger partial charge is 0.461 e. The van der Waals surface area contributed by atoms with E-state index in [1.807, 2.05) is 37.3 Å². The Balaban J connectivity index is 1.42. The molecule has 2 aromatic carbocycles. The molecule has 0 radical (unpaired) electrons. The zero-order chi connectivity index (χ0) is 26.6. The fraction of sp³-hybridized carbons (Fsp3) is 0.519. The van der Waals surface area contributed by atoms with Gasteiger partial charge in [0, 0.05) is 31.7 Å². The summed E-state index contributed by atoms with van der Waals surface area (Å²) in [7, 11) is 0. The molecule has 2 aliphatic heterocycles. The molecule has 2 fully saturated rings. The van der Waals surface area contributed by atoms with Crippen molar-refractivity contribution in [1.29, 1.82) is 0 Å². The predicted octanol–water partition coefficient (Wildman–Crippen LogP) is 0.293. The Hall–Kier alpha value is -2.57. The molecule has 10 nitrogen and oxygen atoms in total. The van der Waals surface area contributed by atoms with Crippen molar-refractivity contribution >= 4 is 5.91 Å². The Morgan fingerprint density at radius 2 is 1.89 bits per heavy atom. The van der Waals surface area contributed by atoms with E-state index >= 15 is 0 Å². The number of nitrogens with one attached hydrogen (secondary N) is 1. The highest BCUT2D eigenvalue weighted by atomic mass is 16.7. The number of aliphatic hydroxyl groups excluding tert-OH is 3. The first-order chi connectivity index (χ1) is 17.7. The third kappa shape index (κ3) is 6.29. The van der Waals surface area contributed by atoms with Gasteiger partial charge in [0.2, 0.25) is 6.29 Å². The number of hydrogen-bond acceptors (Lipinski definition) is 9. The average Bonchev–Trinajstić information content (AvgIpc) is 2.90. The first-order valence-corrected chi connectivity index (χ1v) is 12.5. The van der Waals surface area contributed by atoms with Gasteiger partial charge in [-0.2, -0.15) is 0 Å². The minimum absolute atomic E-state index is 0.136. The van der Waals surface area contributed by atoms with E-state index in [2.05, 4.69) is 10.2 Å². The number of hydrogen-bond donors (Lipinski definition) is 5. The SMILES string of the molecule is Cc1cc(-c2cccc(C(=O)NCCN3CCOCC3)c2)ccc1O[C@H]1O[C@H](CO)[C@@H](O)[C@H](O)[C@]1(C)O. The smallest absolute Gasteiger partial charge is 0.251 e. The molecule has 0 bridgehead atoms. The van der Waals surface area contributed by atoms with Gasteiger partial charge in [-0.15, -0.1) is 0 Å². The third-order valence-corrected chi connectivity index (χ3v) is 6.94. The Bertz CT molecular complexity index is 1070. The Morgan fingerprint density at radius 3 is 2.59 bits per heavy atom. The van der Waals surface area contributed by atoms with E-state index in [-0.39, 0.29) is 5.91 Å². The van der Waals surface area contributed by atoms with Crippen LogP contribution in [0.25, 0.3) is 11.1 Å². The van der Waals surface area contributed by atoms with E-state index in [1.54, 1.807) is 12.1 Å². The lowest BCUT2D eigenvalue weighted by Gasteiger charge is -2.45. The quantitative estimate of drug-likeness (QED) is 0.335. The maximum atomic E-state index is 12.7. The number of amides is 1. The van der Waals surface area contributed by atoms with Crippen LogP contribution in [0.15, 0.2) is 42.5 Å². The molecule has 37 heavy (non-hydrogen) atoms. The third-order valence-electron chi connectivity index (χ3n) is 6.94. The van der Waals surface area contributed by atoms with Crippen LogP contribution in [0.2, 0.25) is 0 Å². The van der Waals surface area contributed by atoms with Crippen LogP contribution in [0, 0.1) is 6.92 Å². The second-order valence-corrected chi connectivity index (χ2v) is 9.74. The van der Waals surface area contributed by atoms with Gasteiger partial charge in [0.15, 0.2) is 5.60 Å². The molecule has 0 aromatic heterocycles. The molecule has 5 N–H and O–H groups in total. The van der Waals surface area contributed by atoms with Crippen LogP contribution in [-0.2, 0) is 9.47 Å². The lowest BCUT2D eigenvalue weighted by Crippen LogP contribution is -2.66. The van der Waals surface area contributed by atoms with Crippen LogP contribution in [-0.4, -0.2) is 107 Å². The number of rotatable bonds is 8. The van der Waals surface area contributed by atoms with Gasteiger partial charge < -0.3 is 40.0 Å². The van der Waals surface area contributed by atoms with Gasteiger partial charge in [-0.05, 0) is 54.8 Å². The van der Waals surface area contributed by atoms with Crippen LogP contribution < -0.4 is 10.1 Å². The molecule has 0 saturated carbocycles. The fourth-order valence-corrected chi connectivity index (χ4v) is 4.53. The van der Waals surface area contributed by atoms with E-state index in [0.29, 0.717) is 17.9 Å². The minimum Gasteiger partial charge on any atom is -0.461 e. The fourth-order valence-electron chi connectivity index (χ4n) is 4.53. The summed E-state index contributed by atoms with van der Waals surface area (Å²) in [6.45, 7) is 7.13. The number of aryl methyl sites for hydroxylation is 1. The van der Waals surface area contributed by atoms with Crippen LogP contribution in [0.1, 0.15) is 22.8 Å². The van der Waals surface area contributed by atoms with E-state index in [9.17, 15) is 25.2 Å². The van der Waals surface area contributed by atoms with Gasteiger partial charge in [0.05, 0.1) is 19.8 Å². The molecule has 0 unspecified atom stereocenters. The Morgan fingerprint density at radius 1 is 1.16 bits per heavy atom. The highest BCUT2D eigenvalue weighted by molar-refractivity contribution is 5.95. The lowest BCUT2D eigenvalue weighted by atomic mass is 9.88. The van der Waals surface area contributed by atoms with Gasteiger partial charge in [0.25, 0.3) is 5.91 Å². The highest BCUT2D eigenvalue weighted by Gasteiger charge is 2.53. The number of carbonyl (C=O) groups is 1. The van der Waals surface area contributed by atoms with Crippen molar-refractivity contribution in [3.63, 3.8) is 0 Å². The summed E-state index contributed by atoms with van der Waals surface area (Å²) in [5.41, 5.74) is 1.12. The first kappa shape index (κ1) is 27.5. The molecule has 4 rings (SSSR count). The normalized spacial score (nSPS) is 28.6. The number of ether oxygens (including phenoxy) is 3. The van der Waals surface area contributed by atoms with Crippen molar-refractivity contribution in [2.45, 2.75) is 44.1 Å². The molecule has 2 aromatic rings. The van der Waals surface area contributed by atoms with Crippen molar-refractivity contribution in [2.75, 3.05) is 46.0 Å². The van der Waals surface area contributed by atoms with Gasteiger partial charge in [-0.25, -0.2) is 0 Å². The zero-order valence-electron chi connectivity index (χ0n) is 21.2. The number of morpholine rings is 1. The summed E-state index contributed by atoms with van der Waals surface area (Å²) in [5, 5.41) is 43.5. The molecule has 10 heteroatoms. The first-order valence-electron chi connectivity index (χ1n) is 12.5. The van der Waals surface area contributed by atoms with Crippen molar-refractivity contribution in [1.82, 2.24) is 10.2 Å². The molecule has 2 heterocycles. The number of nitrogens with zero attached hydrogens (tertiary/aromatic N) is 1. The number of carbonyl (C=O) groups excluding carboxylic acids is 1. The average molecular weight is 517 g/mol. The van der Waals surface area contributed by atoms with Gasteiger partial charge in [-0.3, -0.25) is 9.69 Å². The second kappa shape index (κ2) is 11.9. The van der Waals surface area contributed by atoms with Crippen molar-refractivity contribution in [3.05, 3.63) is 53.6 Å². The molecule has 2 saturated heterocycles. The van der Waals surface area contributed by atoms with Gasteiger partial charge >= 0.3 is 0 Å². The Kier molecular flexibility index (Phi) is 8.81. The minimum atomic E-state index is -1.90. The summed E-state index contributed by atoms with van der Waals surface area (Å²) >= 11 is 0. The topological polar surface area (TPSA) is 141 Å². The van der Waals surface area contributed by atoms with Crippen LogP contribution in [0.5, 0.6) is 5.75 Å². The Labute approximate surface area is 216 Å². The van der Waals surface area contributed by atoms with E-state index in [0.717, 1.165) is 49.5 Å². The molecule has 0 aliphatic carbocycles. The molecule has 5 atom stereocenters. The molecular formula is C27H36N2O8. The number of benzene rings is 2. The summed E-state index contributed by atoms with van der Waals surface area (Å²) in [6, 6.07) is 12.8. The van der Waals surface area contributed by atoms with Crippen molar-refractivity contribution < 1.29 is 39.4 Å². The van der Waals surface area contributed by atoms with Crippen molar-refractivity contribution in [2.24, 2.45) is 0 Å². The second-order valence-electron chi connectivity index (χ2n) is 9.74. The summed E-state index contributed by atoms with van der Waals surface area (Å²) < 4.78 is 16.8. The van der Waals surface area contributed by atoms with E-state index in [1.165, 1.54) is 6.92 Å². The zero-order valence-corrected chi connectivity index (χ0v) is 21.2. The standard InChI is InChI=1S/C27H36N2O8/c1-17-14-19(6-7-21(17)36-26-27(2,34)24(32)23(31)22(16-30)37-26)18-4-3-5-20(15-18)25(33)28-8-9-29-10-12-35-13-11-29/h3-7,14-15,22-24,26,30-32,34H,8-13,16H2,1-2H3,(H,28,33)/t22-,23-,24+,26+,27+/m1/s1. The molecule has 202 valence electrons. The van der Waals surface area contributed by atoms with Gasteiger partial charge in [-0.1, -0.05) is 18.2 Å². The molecule has 1 amide bonds.